The van der Waals surface area contributed by atoms with E-state index in [0.29, 0.717) is 78.5 Å². The molecule has 0 aliphatic carbocycles. The van der Waals surface area contributed by atoms with Gasteiger partial charge in [-0.15, -0.1) is 0 Å². The largest absolute Gasteiger partial charge is 0.395 e. The van der Waals surface area contributed by atoms with E-state index < -0.39 is 0 Å². The molecule has 0 saturated carbocycles. The summed E-state index contributed by atoms with van der Waals surface area (Å²) in [7, 11) is 0. The molecule has 0 saturated heterocycles. The number of hydrogen-bond acceptors (Lipinski definition) is 16. The Morgan fingerprint density at radius 2 is 0.268 bits per heavy atom. The molecule has 0 unspecified atom stereocenters. The van der Waals surface area contributed by atoms with E-state index in [9.17, 15) is 0 Å². The molecule has 17 heteroatoms. The fourth-order valence-electron chi connectivity index (χ4n) is 3.04. The van der Waals surface area contributed by atoms with Crippen LogP contribution in [0.3, 0.4) is 0 Å². The van der Waals surface area contributed by atoms with Crippen molar-refractivity contribution in [2.24, 2.45) is 0 Å². The monoisotopic (exact) mass is 644 g/mol. The Morgan fingerprint density at radius 3 is 0.317 bits per heavy atom. The van der Waals surface area contributed by atoms with E-state index in [-0.39, 0.29) is 101 Å². The van der Waals surface area contributed by atoms with Crippen LogP contribution in [0.4, 0.5) is 0 Å². The first-order valence-corrected chi connectivity index (χ1v) is 13.6. The molecule has 12 N–H and O–H groups in total. The standard InChI is InChI=1S/4C6H15NO3.Ti/c4*8-4-1-7(2-5-9)3-6-10;/h4*8-10H,1-6H2;. The molecule has 0 bridgehead atoms. The maximum absolute atomic E-state index is 8.48. The quantitative estimate of drug-likeness (QED) is 0.0436. The minimum absolute atomic E-state index is 0. The summed E-state index contributed by atoms with van der Waals surface area (Å²) in [6.45, 7) is 7.01. The summed E-state index contributed by atoms with van der Waals surface area (Å²) in [5.74, 6) is 0. The summed E-state index contributed by atoms with van der Waals surface area (Å²) < 4.78 is 0. The summed E-state index contributed by atoms with van der Waals surface area (Å²) >= 11 is 0. The predicted octanol–water partition coefficient (Wildman–Crippen LogP) is -6.94. The second kappa shape index (κ2) is 47.0. The van der Waals surface area contributed by atoms with Gasteiger partial charge in [0.2, 0.25) is 0 Å². The van der Waals surface area contributed by atoms with E-state index in [1.165, 1.54) is 0 Å². The molecule has 0 fully saturated rings. The second-order valence-electron chi connectivity index (χ2n) is 8.05. The van der Waals surface area contributed by atoms with E-state index in [1.807, 2.05) is 0 Å². The van der Waals surface area contributed by atoms with Crippen LogP contribution in [0, 0.1) is 0 Å². The minimum atomic E-state index is 0. The van der Waals surface area contributed by atoms with Crippen molar-refractivity contribution in [3.05, 3.63) is 0 Å². The van der Waals surface area contributed by atoms with Crippen LogP contribution in [0.1, 0.15) is 0 Å². The minimum Gasteiger partial charge on any atom is -0.395 e. The van der Waals surface area contributed by atoms with Crippen LogP contribution in [0.2, 0.25) is 0 Å². The van der Waals surface area contributed by atoms with E-state index in [0.717, 1.165) is 0 Å². The van der Waals surface area contributed by atoms with Crippen molar-refractivity contribution < 1.29 is 83.0 Å². The molecule has 0 aromatic heterocycles. The number of aliphatic hydroxyl groups is 12. The smallest absolute Gasteiger partial charge is 0.0558 e. The van der Waals surface area contributed by atoms with Gasteiger partial charge in [0.15, 0.2) is 0 Å². The third kappa shape index (κ3) is 44.6. The summed E-state index contributed by atoms with van der Waals surface area (Å²) in [6.07, 6.45) is 0. The zero-order valence-corrected chi connectivity index (χ0v) is 26.2. The Labute approximate surface area is 260 Å². The van der Waals surface area contributed by atoms with Gasteiger partial charge in [-0.05, 0) is 0 Å². The molecule has 0 aromatic rings. The number of nitrogens with zero attached hydrogens (tertiary/aromatic N) is 4. The summed E-state index contributed by atoms with van der Waals surface area (Å²) in [4.78, 5) is 7.17. The second-order valence-corrected chi connectivity index (χ2v) is 8.05. The fourth-order valence-corrected chi connectivity index (χ4v) is 3.04. The topological polar surface area (TPSA) is 256 Å². The van der Waals surface area contributed by atoms with Gasteiger partial charge in [0.25, 0.3) is 0 Å². The molecule has 0 radical (unpaired) electrons. The molecule has 41 heavy (non-hydrogen) atoms. The number of rotatable bonds is 24. The van der Waals surface area contributed by atoms with Crippen LogP contribution in [-0.4, -0.2) is 239 Å². The van der Waals surface area contributed by atoms with Gasteiger partial charge < -0.3 is 61.3 Å². The van der Waals surface area contributed by atoms with Gasteiger partial charge in [-0.3, -0.25) is 19.6 Å². The van der Waals surface area contributed by atoms with Gasteiger partial charge in [0.1, 0.15) is 0 Å². The van der Waals surface area contributed by atoms with Gasteiger partial charge in [-0.25, -0.2) is 0 Å². The van der Waals surface area contributed by atoms with E-state index in [2.05, 4.69) is 0 Å². The predicted molar refractivity (Wildman–Crippen MR) is 151 cm³/mol. The van der Waals surface area contributed by atoms with E-state index in [1.54, 1.807) is 19.6 Å². The van der Waals surface area contributed by atoms with Crippen LogP contribution >= 0.6 is 0 Å². The zero-order valence-electron chi connectivity index (χ0n) is 24.6. The SMILES string of the molecule is OCCN(CCO)CCO.OCCN(CCO)CCO.OCCN(CCO)CCO.OCCN(CCO)CCO.[Ti]. The third-order valence-corrected chi connectivity index (χ3v) is 4.99. The fraction of sp³-hybridized carbons (Fsp3) is 1.00. The Kier molecular flexibility index (Phi) is 58.1. The molecule has 0 aliphatic heterocycles. The van der Waals surface area contributed by atoms with Gasteiger partial charge in [-0.1, -0.05) is 0 Å². The molecule has 0 heterocycles. The van der Waals surface area contributed by atoms with Crippen molar-refractivity contribution in [1.82, 2.24) is 19.6 Å². The van der Waals surface area contributed by atoms with Gasteiger partial charge in [0.05, 0.1) is 79.3 Å². The maximum Gasteiger partial charge on any atom is 0.0558 e. The van der Waals surface area contributed by atoms with Gasteiger partial charge in [0, 0.05) is 100 Å². The molecular weight excluding hydrogens is 584 g/mol. The van der Waals surface area contributed by atoms with Crippen LogP contribution in [0.15, 0.2) is 0 Å². The zero-order chi connectivity index (χ0) is 31.3. The number of hydrogen-bond donors (Lipinski definition) is 12. The van der Waals surface area contributed by atoms with Crippen molar-refractivity contribution in [2.45, 2.75) is 0 Å². The van der Waals surface area contributed by atoms with Crippen molar-refractivity contribution in [3.8, 4) is 0 Å². The molecule has 0 rings (SSSR count). The average Bonchev–Trinajstić information content (AvgIpc) is 2.92. The summed E-state index contributed by atoms with van der Waals surface area (Å²) in [5.41, 5.74) is 0. The maximum atomic E-state index is 8.48. The van der Waals surface area contributed by atoms with Gasteiger partial charge >= 0.3 is 0 Å². The van der Waals surface area contributed by atoms with Crippen molar-refractivity contribution >= 4 is 0 Å². The average molecular weight is 645 g/mol. The Morgan fingerprint density at radius 1 is 0.195 bits per heavy atom. The van der Waals surface area contributed by atoms with Crippen LogP contribution in [0.5, 0.6) is 0 Å². The Balaban J connectivity index is -0.000000139. The summed E-state index contributed by atoms with van der Waals surface area (Å²) in [5, 5.41) is 102. The van der Waals surface area contributed by atoms with Crippen molar-refractivity contribution in [2.75, 3.05) is 158 Å². The number of aliphatic hydroxyl groups excluding tert-OH is 12. The first-order chi connectivity index (χ1) is 19.4. The first-order valence-electron chi connectivity index (χ1n) is 13.6. The molecule has 0 spiro atoms. The van der Waals surface area contributed by atoms with Crippen LogP contribution in [-0.2, 0) is 21.7 Å². The molecule has 0 atom stereocenters. The Bertz CT molecular complexity index is 302. The molecule has 252 valence electrons. The first kappa shape index (κ1) is 50.7. The normalized spacial score (nSPS) is 10.5. The van der Waals surface area contributed by atoms with Crippen molar-refractivity contribution in [3.63, 3.8) is 0 Å². The Hall–Kier alpha value is 0.0743. The van der Waals surface area contributed by atoms with E-state index >= 15 is 0 Å². The van der Waals surface area contributed by atoms with Gasteiger partial charge in [-0.2, -0.15) is 0 Å². The van der Waals surface area contributed by atoms with Crippen molar-refractivity contribution in [1.29, 1.82) is 0 Å². The third-order valence-electron chi connectivity index (χ3n) is 4.99. The molecule has 16 nitrogen and oxygen atoms in total. The van der Waals surface area contributed by atoms with E-state index in [4.69, 9.17) is 61.3 Å². The molecule has 0 amide bonds. The molecular formula is C24H60N4O12Ti. The van der Waals surface area contributed by atoms with Crippen LogP contribution in [0.25, 0.3) is 0 Å². The van der Waals surface area contributed by atoms with Crippen LogP contribution < -0.4 is 0 Å². The molecule has 0 aliphatic rings. The summed E-state index contributed by atoms with van der Waals surface area (Å²) in [6, 6.07) is 0. The molecule has 0 aromatic carbocycles.